The van der Waals surface area contributed by atoms with Gasteiger partial charge in [0.1, 0.15) is 5.75 Å². The number of aromatic nitrogens is 1. The predicted octanol–water partition coefficient (Wildman–Crippen LogP) is 2.74. The van der Waals surface area contributed by atoms with Crippen molar-refractivity contribution in [3.63, 3.8) is 0 Å². The molecule has 1 amide bonds. The third kappa shape index (κ3) is 3.04. The lowest BCUT2D eigenvalue weighted by atomic mass is 9.95. The molecule has 3 heterocycles. The van der Waals surface area contributed by atoms with Crippen molar-refractivity contribution < 1.29 is 14.1 Å². The SMILES string of the molecule is O=C(NC1CC2CCC1N2)c1ccc(Oc2cc(Cl)on2)cc1. The summed E-state index contributed by atoms with van der Waals surface area (Å²) in [4.78, 5) is 12.3. The van der Waals surface area contributed by atoms with Gasteiger partial charge in [-0.25, -0.2) is 0 Å². The van der Waals surface area contributed by atoms with E-state index in [0.717, 1.165) is 12.8 Å². The van der Waals surface area contributed by atoms with E-state index in [2.05, 4.69) is 15.8 Å². The Morgan fingerprint density at radius 3 is 2.78 bits per heavy atom. The van der Waals surface area contributed by atoms with Crippen LogP contribution in [0.15, 0.2) is 34.9 Å². The molecule has 2 saturated heterocycles. The summed E-state index contributed by atoms with van der Waals surface area (Å²) in [5.41, 5.74) is 0.610. The lowest BCUT2D eigenvalue weighted by Crippen LogP contribution is -2.42. The minimum Gasteiger partial charge on any atom is -0.436 e. The number of benzene rings is 1. The van der Waals surface area contributed by atoms with Gasteiger partial charge in [-0.1, -0.05) is 0 Å². The van der Waals surface area contributed by atoms with E-state index < -0.39 is 0 Å². The fourth-order valence-electron chi connectivity index (χ4n) is 3.32. The van der Waals surface area contributed by atoms with Gasteiger partial charge in [-0.3, -0.25) is 4.79 Å². The Kier molecular flexibility index (Phi) is 3.71. The Labute approximate surface area is 138 Å². The summed E-state index contributed by atoms with van der Waals surface area (Å²) >= 11 is 5.63. The molecule has 1 aromatic carbocycles. The Morgan fingerprint density at radius 1 is 1.35 bits per heavy atom. The first-order valence-electron chi connectivity index (χ1n) is 7.64. The zero-order valence-corrected chi connectivity index (χ0v) is 13.0. The van der Waals surface area contributed by atoms with Crippen LogP contribution >= 0.6 is 11.6 Å². The van der Waals surface area contributed by atoms with Crippen LogP contribution in [0.1, 0.15) is 29.6 Å². The third-order valence-electron chi connectivity index (χ3n) is 4.42. The molecule has 120 valence electrons. The van der Waals surface area contributed by atoms with Crippen molar-refractivity contribution in [1.29, 1.82) is 0 Å². The molecule has 23 heavy (non-hydrogen) atoms. The molecule has 6 nitrogen and oxygen atoms in total. The number of nitrogens with one attached hydrogen (secondary N) is 2. The van der Waals surface area contributed by atoms with Crippen molar-refractivity contribution in [3.8, 4) is 11.6 Å². The number of nitrogens with zero attached hydrogens (tertiary/aromatic N) is 1. The summed E-state index contributed by atoms with van der Waals surface area (Å²) in [5, 5.41) is 10.4. The number of fused-ring (bicyclic) bond motifs is 2. The Morgan fingerprint density at radius 2 is 2.17 bits per heavy atom. The van der Waals surface area contributed by atoms with Gasteiger partial charge in [0.25, 0.3) is 11.8 Å². The lowest BCUT2D eigenvalue weighted by Gasteiger charge is -2.21. The maximum atomic E-state index is 12.3. The largest absolute Gasteiger partial charge is 0.436 e. The molecule has 2 aromatic rings. The number of carbonyl (C=O) groups is 1. The molecule has 2 N–H and O–H groups in total. The highest BCUT2D eigenvalue weighted by atomic mass is 35.5. The molecule has 2 bridgehead atoms. The molecule has 4 rings (SSSR count). The Hall–Kier alpha value is -2.05. The van der Waals surface area contributed by atoms with Crippen LogP contribution in [0.2, 0.25) is 5.22 Å². The molecule has 0 aliphatic carbocycles. The normalized spacial score (nSPS) is 25.5. The van der Waals surface area contributed by atoms with Gasteiger partial charge in [0.05, 0.1) is 6.07 Å². The second-order valence-corrected chi connectivity index (χ2v) is 6.33. The van der Waals surface area contributed by atoms with Crippen LogP contribution < -0.4 is 15.4 Å². The van der Waals surface area contributed by atoms with Crippen molar-refractivity contribution in [2.24, 2.45) is 0 Å². The van der Waals surface area contributed by atoms with E-state index in [1.165, 1.54) is 12.5 Å². The lowest BCUT2D eigenvalue weighted by molar-refractivity contribution is 0.0931. The molecule has 7 heteroatoms. The number of rotatable bonds is 4. The summed E-state index contributed by atoms with van der Waals surface area (Å²) in [6.07, 6.45) is 3.38. The quantitative estimate of drug-likeness (QED) is 0.899. The molecule has 3 atom stereocenters. The summed E-state index contributed by atoms with van der Waals surface area (Å²) in [6, 6.07) is 9.59. The average Bonchev–Trinajstić information content (AvgIpc) is 3.25. The topological polar surface area (TPSA) is 76.4 Å². The van der Waals surface area contributed by atoms with Crippen molar-refractivity contribution in [2.75, 3.05) is 0 Å². The van der Waals surface area contributed by atoms with Crippen LogP contribution in [-0.2, 0) is 0 Å². The maximum absolute atomic E-state index is 12.3. The van der Waals surface area contributed by atoms with E-state index in [9.17, 15) is 4.79 Å². The van der Waals surface area contributed by atoms with Crippen LogP contribution in [0.25, 0.3) is 0 Å². The maximum Gasteiger partial charge on any atom is 0.261 e. The first kappa shape index (κ1) is 14.5. The Balaban J connectivity index is 1.38. The van der Waals surface area contributed by atoms with Crippen molar-refractivity contribution in [1.82, 2.24) is 15.8 Å². The van der Waals surface area contributed by atoms with Crippen molar-refractivity contribution in [3.05, 3.63) is 41.1 Å². The second-order valence-electron chi connectivity index (χ2n) is 5.96. The van der Waals surface area contributed by atoms with Crippen LogP contribution in [0.4, 0.5) is 0 Å². The van der Waals surface area contributed by atoms with Crippen LogP contribution in [0, 0.1) is 0 Å². The molecule has 0 radical (unpaired) electrons. The predicted molar refractivity (Wildman–Crippen MR) is 83.8 cm³/mol. The van der Waals surface area contributed by atoms with Gasteiger partial charge in [0.2, 0.25) is 5.22 Å². The van der Waals surface area contributed by atoms with Crippen LogP contribution in [0.5, 0.6) is 11.6 Å². The van der Waals surface area contributed by atoms with Gasteiger partial charge >= 0.3 is 0 Å². The van der Waals surface area contributed by atoms with E-state index in [4.69, 9.17) is 20.9 Å². The zero-order valence-electron chi connectivity index (χ0n) is 12.3. The molecule has 2 aliphatic heterocycles. The molecular formula is C16H16ClN3O3. The van der Waals surface area contributed by atoms with Gasteiger partial charge < -0.3 is 19.9 Å². The Bertz CT molecular complexity index is 716. The smallest absolute Gasteiger partial charge is 0.261 e. The highest BCUT2D eigenvalue weighted by Crippen LogP contribution is 2.28. The minimum atomic E-state index is -0.0552. The summed E-state index contributed by atoms with van der Waals surface area (Å²) < 4.78 is 10.2. The van der Waals surface area contributed by atoms with E-state index in [0.29, 0.717) is 23.4 Å². The second kappa shape index (κ2) is 5.86. The molecule has 2 fully saturated rings. The van der Waals surface area contributed by atoms with Gasteiger partial charge in [-0.15, -0.1) is 0 Å². The highest BCUT2D eigenvalue weighted by molar-refractivity contribution is 6.28. The zero-order chi connectivity index (χ0) is 15.8. The first-order valence-corrected chi connectivity index (χ1v) is 8.02. The number of carbonyl (C=O) groups excluding carboxylic acids is 1. The fraction of sp³-hybridized carbons (Fsp3) is 0.375. The van der Waals surface area contributed by atoms with E-state index in [1.54, 1.807) is 24.3 Å². The standard InChI is InChI=1S/C16H16ClN3O3/c17-14-8-15(20-23-14)22-11-4-1-9(2-5-11)16(21)19-13-7-10-3-6-12(13)18-10/h1-2,4-5,8,10,12-13,18H,3,6-7H2,(H,19,21). The molecular weight excluding hydrogens is 318 g/mol. The summed E-state index contributed by atoms with van der Waals surface area (Å²) in [6.45, 7) is 0. The van der Waals surface area contributed by atoms with Gasteiger partial charge in [-0.05, 0) is 60.3 Å². The van der Waals surface area contributed by atoms with Crippen LogP contribution in [-0.4, -0.2) is 29.2 Å². The van der Waals surface area contributed by atoms with Crippen molar-refractivity contribution >= 4 is 17.5 Å². The van der Waals surface area contributed by atoms with E-state index >= 15 is 0 Å². The number of ether oxygens (including phenoxy) is 1. The number of hydrogen-bond acceptors (Lipinski definition) is 5. The monoisotopic (exact) mass is 333 g/mol. The molecule has 0 spiro atoms. The van der Waals surface area contributed by atoms with Gasteiger partial charge in [-0.2, -0.15) is 0 Å². The highest BCUT2D eigenvalue weighted by Gasteiger charge is 2.39. The minimum absolute atomic E-state index is 0.0552. The molecule has 1 aromatic heterocycles. The summed E-state index contributed by atoms with van der Waals surface area (Å²) in [7, 11) is 0. The van der Waals surface area contributed by atoms with Crippen LogP contribution in [0.3, 0.4) is 0 Å². The first-order chi connectivity index (χ1) is 11.2. The van der Waals surface area contributed by atoms with E-state index in [-0.39, 0.29) is 23.0 Å². The molecule has 2 aliphatic rings. The third-order valence-corrected chi connectivity index (χ3v) is 4.59. The fourth-order valence-corrected chi connectivity index (χ4v) is 3.44. The number of amides is 1. The molecule has 0 saturated carbocycles. The number of hydrogen-bond donors (Lipinski definition) is 2. The van der Waals surface area contributed by atoms with Gasteiger partial charge in [0.15, 0.2) is 0 Å². The van der Waals surface area contributed by atoms with Gasteiger partial charge in [0, 0.05) is 23.7 Å². The summed E-state index contributed by atoms with van der Waals surface area (Å²) in [5.74, 6) is 0.786. The number of halogens is 1. The average molecular weight is 334 g/mol. The van der Waals surface area contributed by atoms with Crippen molar-refractivity contribution in [2.45, 2.75) is 37.4 Å². The molecule has 3 unspecified atom stereocenters. The van der Waals surface area contributed by atoms with E-state index in [1.807, 2.05) is 0 Å².